The molecule has 0 radical (unpaired) electrons. The van der Waals surface area contributed by atoms with Gasteiger partial charge in [0.15, 0.2) is 6.61 Å². The fourth-order valence-electron chi connectivity index (χ4n) is 2.54. The first kappa shape index (κ1) is 20.3. The van der Waals surface area contributed by atoms with Gasteiger partial charge in [0, 0.05) is 12.1 Å². The number of amides is 1. The molecule has 2 aromatic rings. The number of hydrogen-bond donors (Lipinski definition) is 1. The average molecular weight is 371 g/mol. The van der Waals surface area contributed by atoms with E-state index in [2.05, 4.69) is 5.32 Å². The molecule has 1 N–H and O–H groups in total. The second-order valence-corrected chi connectivity index (χ2v) is 6.21. The normalized spacial score (nSPS) is 10.2. The van der Waals surface area contributed by atoms with Crippen molar-refractivity contribution in [2.75, 3.05) is 25.6 Å². The number of rotatable bonds is 9. The van der Waals surface area contributed by atoms with Gasteiger partial charge < -0.3 is 19.5 Å². The molecule has 0 spiro atoms. The fraction of sp³-hybridized carbons (Fsp3) is 0.333. The molecule has 0 aliphatic carbocycles. The summed E-state index contributed by atoms with van der Waals surface area (Å²) in [5.41, 5.74) is 2.81. The quantitative estimate of drug-likeness (QED) is 0.538. The molecular weight excluding hydrogens is 346 g/mol. The lowest BCUT2D eigenvalue weighted by atomic mass is 10.1. The molecular formula is C21H25NO5. The van der Waals surface area contributed by atoms with E-state index in [1.807, 2.05) is 32.0 Å². The minimum absolute atomic E-state index is 0.187. The summed E-state index contributed by atoms with van der Waals surface area (Å²) in [6.45, 7) is 3.99. The Hall–Kier alpha value is -3.02. The van der Waals surface area contributed by atoms with Crippen molar-refractivity contribution in [3.8, 4) is 11.5 Å². The third-order valence-corrected chi connectivity index (χ3v) is 3.72. The van der Waals surface area contributed by atoms with E-state index in [9.17, 15) is 9.59 Å². The molecule has 6 heteroatoms. The summed E-state index contributed by atoms with van der Waals surface area (Å²) in [6, 6.07) is 13.0. The molecule has 1 amide bonds. The molecule has 2 rings (SSSR count). The standard InChI is InChI=1S/C21H25NO5/c1-15-11-16(2)13-17(12-15)22-20(23)14-27-21(24)5-4-10-26-19-8-6-18(25-3)7-9-19/h6-9,11-13H,4-5,10,14H2,1-3H3,(H,22,23). The van der Waals surface area contributed by atoms with E-state index in [1.54, 1.807) is 31.4 Å². The third kappa shape index (κ3) is 7.40. The van der Waals surface area contributed by atoms with Gasteiger partial charge in [-0.15, -0.1) is 0 Å². The first-order valence-electron chi connectivity index (χ1n) is 8.77. The Morgan fingerprint density at radius 2 is 1.59 bits per heavy atom. The van der Waals surface area contributed by atoms with Gasteiger partial charge in [0.1, 0.15) is 11.5 Å². The molecule has 6 nitrogen and oxygen atoms in total. The zero-order valence-electron chi connectivity index (χ0n) is 15.9. The molecule has 0 unspecified atom stereocenters. The van der Waals surface area contributed by atoms with Crippen molar-refractivity contribution < 1.29 is 23.8 Å². The topological polar surface area (TPSA) is 73.9 Å². The summed E-state index contributed by atoms with van der Waals surface area (Å²) in [5.74, 6) is 0.675. The number of hydrogen-bond acceptors (Lipinski definition) is 5. The van der Waals surface area contributed by atoms with E-state index in [0.717, 1.165) is 16.9 Å². The second-order valence-electron chi connectivity index (χ2n) is 6.21. The van der Waals surface area contributed by atoms with E-state index >= 15 is 0 Å². The molecule has 0 heterocycles. The highest BCUT2D eigenvalue weighted by atomic mass is 16.5. The number of benzene rings is 2. The Morgan fingerprint density at radius 1 is 0.963 bits per heavy atom. The SMILES string of the molecule is COc1ccc(OCCCC(=O)OCC(=O)Nc2cc(C)cc(C)c2)cc1. The Morgan fingerprint density at radius 3 is 2.22 bits per heavy atom. The Bertz CT molecular complexity index is 750. The van der Waals surface area contributed by atoms with Crippen LogP contribution in [0.25, 0.3) is 0 Å². The van der Waals surface area contributed by atoms with Crippen LogP contribution >= 0.6 is 0 Å². The molecule has 2 aromatic carbocycles. The monoisotopic (exact) mass is 371 g/mol. The largest absolute Gasteiger partial charge is 0.497 e. The van der Waals surface area contributed by atoms with E-state index in [-0.39, 0.29) is 18.9 Å². The number of esters is 1. The Labute approximate surface area is 159 Å². The lowest BCUT2D eigenvalue weighted by Gasteiger charge is -2.09. The highest BCUT2D eigenvalue weighted by Crippen LogP contribution is 2.17. The first-order valence-corrected chi connectivity index (χ1v) is 8.77. The van der Waals surface area contributed by atoms with Crippen molar-refractivity contribution in [2.45, 2.75) is 26.7 Å². The minimum atomic E-state index is -0.427. The zero-order chi connectivity index (χ0) is 19.6. The summed E-state index contributed by atoms with van der Waals surface area (Å²) >= 11 is 0. The maximum Gasteiger partial charge on any atom is 0.306 e. The number of aryl methyl sites for hydroxylation is 2. The van der Waals surface area contributed by atoms with Gasteiger partial charge in [0.05, 0.1) is 13.7 Å². The van der Waals surface area contributed by atoms with Crippen LogP contribution in [0.4, 0.5) is 5.69 Å². The van der Waals surface area contributed by atoms with Crippen LogP contribution in [-0.2, 0) is 14.3 Å². The predicted molar refractivity (Wildman–Crippen MR) is 103 cm³/mol. The van der Waals surface area contributed by atoms with Crippen molar-refractivity contribution >= 4 is 17.6 Å². The number of ether oxygens (including phenoxy) is 3. The summed E-state index contributed by atoms with van der Waals surface area (Å²) in [6.07, 6.45) is 0.691. The maximum absolute atomic E-state index is 11.9. The number of nitrogens with one attached hydrogen (secondary N) is 1. The van der Waals surface area contributed by atoms with Gasteiger partial charge in [-0.2, -0.15) is 0 Å². The van der Waals surface area contributed by atoms with Crippen LogP contribution in [0, 0.1) is 13.8 Å². The van der Waals surface area contributed by atoms with Crippen molar-refractivity contribution in [1.29, 1.82) is 0 Å². The van der Waals surface area contributed by atoms with Crippen LogP contribution in [0.15, 0.2) is 42.5 Å². The fourth-order valence-corrected chi connectivity index (χ4v) is 2.54. The van der Waals surface area contributed by atoms with E-state index in [4.69, 9.17) is 14.2 Å². The summed E-state index contributed by atoms with van der Waals surface area (Å²) in [7, 11) is 1.60. The predicted octanol–water partition coefficient (Wildman–Crippen LogP) is 3.65. The second kappa shape index (κ2) is 10.2. The van der Waals surface area contributed by atoms with Crippen molar-refractivity contribution in [3.63, 3.8) is 0 Å². The summed E-state index contributed by atoms with van der Waals surface area (Å²) in [5, 5.41) is 2.73. The molecule has 0 bridgehead atoms. The number of carbonyl (C=O) groups excluding carboxylic acids is 2. The molecule has 144 valence electrons. The van der Waals surface area contributed by atoms with Crippen LogP contribution in [-0.4, -0.2) is 32.2 Å². The van der Waals surface area contributed by atoms with Crippen molar-refractivity contribution in [2.24, 2.45) is 0 Å². The smallest absolute Gasteiger partial charge is 0.306 e. The summed E-state index contributed by atoms with van der Waals surface area (Å²) in [4.78, 5) is 23.6. The highest BCUT2D eigenvalue weighted by molar-refractivity contribution is 5.92. The molecule has 0 aromatic heterocycles. The zero-order valence-corrected chi connectivity index (χ0v) is 15.9. The molecule has 0 aliphatic rings. The van der Waals surface area contributed by atoms with Crippen molar-refractivity contribution in [3.05, 3.63) is 53.6 Å². The molecule has 0 atom stereocenters. The van der Waals surface area contributed by atoms with Crippen LogP contribution in [0.3, 0.4) is 0 Å². The van der Waals surface area contributed by atoms with Gasteiger partial charge in [-0.25, -0.2) is 0 Å². The van der Waals surface area contributed by atoms with Gasteiger partial charge in [-0.1, -0.05) is 6.07 Å². The molecule has 0 saturated carbocycles. The third-order valence-electron chi connectivity index (χ3n) is 3.72. The van der Waals surface area contributed by atoms with Gasteiger partial charge in [-0.05, 0) is 67.8 Å². The van der Waals surface area contributed by atoms with E-state index < -0.39 is 5.97 Å². The van der Waals surface area contributed by atoms with Gasteiger partial charge >= 0.3 is 5.97 Å². The Balaban J connectivity index is 1.63. The molecule has 0 fully saturated rings. The van der Waals surface area contributed by atoms with Crippen molar-refractivity contribution in [1.82, 2.24) is 0 Å². The highest BCUT2D eigenvalue weighted by Gasteiger charge is 2.08. The molecule has 0 aliphatic heterocycles. The van der Waals surface area contributed by atoms with Crippen LogP contribution in [0.2, 0.25) is 0 Å². The number of anilines is 1. The lowest BCUT2D eigenvalue weighted by molar-refractivity contribution is -0.147. The molecule has 27 heavy (non-hydrogen) atoms. The number of carbonyl (C=O) groups is 2. The summed E-state index contributed by atoms with van der Waals surface area (Å²) < 4.78 is 15.6. The Kier molecular flexibility index (Phi) is 7.67. The average Bonchev–Trinajstić information content (AvgIpc) is 2.63. The lowest BCUT2D eigenvalue weighted by Crippen LogP contribution is -2.21. The van der Waals surface area contributed by atoms with Crippen LogP contribution in [0.1, 0.15) is 24.0 Å². The molecule has 0 saturated heterocycles. The minimum Gasteiger partial charge on any atom is -0.497 e. The van der Waals surface area contributed by atoms with E-state index in [0.29, 0.717) is 24.5 Å². The maximum atomic E-state index is 11.9. The van der Waals surface area contributed by atoms with Crippen LogP contribution in [0.5, 0.6) is 11.5 Å². The van der Waals surface area contributed by atoms with Gasteiger partial charge in [0.2, 0.25) is 0 Å². The van der Waals surface area contributed by atoms with Gasteiger partial charge in [0.25, 0.3) is 5.91 Å². The number of methoxy groups -OCH3 is 1. The van der Waals surface area contributed by atoms with Crippen LogP contribution < -0.4 is 14.8 Å². The first-order chi connectivity index (χ1) is 13.0. The van der Waals surface area contributed by atoms with E-state index in [1.165, 1.54) is 0 Å². The van der Waals surface area contributed by atoms with Gasteiger partial charge in [-0.3, -0.25) is 9.59 Å².